The van der Waals surface area contributed by atoms with Crippen molar-refractivity contribution in [3.63, 3.8) is 0 Å². The zero-order valence-electron chi connectivity index (χ0n) is 8.40. The summed E-state index contributed by atoms with van der Waals surface area (Å²) in [4.78, 5) is 10.5. The Hall–Kier alpha value is -1.38. The van der Waals surface area contributed by atoms with Crippen LogP contribution in [0.5, 0.6) is 0 Å². The molecular weight excluding hydrogens is 250 g/mol. The van der Waals surface area contributed by atoms with E-state index < -0.39 is 9.05 Å². The quantitative estimate of drug-likeness (QED) is 0.612. The van der Waals surface area contributed by atoms with Gasteiger partial charge in [-0.15, -0.1) is 0 Å². The van der Waals surface area contributed by atoms with E-state index in [1.165, 1.54) is 12.1 Å². The van der Waals surface area contributed by atoms with E-state index in [0.29, 0.717) is 12.7 Å². The lowest BCUT2D eigenvalue weighted by Gasteiger charge is -2.08. The minimum atomic E-state index is -4.03. The lowest BCUT2D eigenvalue weighted by atomic mass is 10.0. The number of benzene rings is 1. The smallest absolute Gasteiger partial charge is 0.262 e. The van der Waals surface area contributed by atoms with E-state index in [2.05, 4.69) is 0 Å². The van der Waals surface area contributed by atoms with Gasteiger partial charge in [-0.1, -0.05) is 6.92 Å². The summed E-state index contributed by atoms with van der Waals surface area (Å²) in [6.45, 7) is 1.69. The van der Waals surface area contributed by atoms with Gasteiger partial charge in [-0.3, -0.25) is 4.79 Å². The number of carbonyl (C=O) groups is 1. The summed E-state index contributed by atoms with van der Waals surface area (Å²) in [7, 11) is 1.23. The highest BCUT2D eigenvalue weighted by atomic mass is 35.7. The number of halogens is 1. The van der Waals surface area contributed by atoms with Crippen molar-refractivity contribution in [3.8, 4) is 6.07 Å². The molecule has 0 radical (unpaired) electrons. The van der Waals surface area contributed by atoms with Crippen LogP contribution in [0.1, 0.15) is 28.4 Å². The van der Waals surface area contributed by atoms with E-state index >= 15 is 0 Å². The predicted molar refractivity (Wildman–Crippen MR) is 59.0 cm³/mol. The average Bonchev–Trinajstić information content (AvgIpc) is 2.25. The number of nitrogens with zero attached hydrogens (tertiary/aromatic N) is 1. The van der Waals surface area contributed by atoms with Crippen LogP contribution in [-0.4, -0.2) is 14.7 Å². The van der Waals surface area contributed by atoms with Gasteiger partial charge in [0.15, 0.2) is 6.29 Å². The second kappa shape index (κ2) is 4.64. The maximum absolute atomic E-state index is 11.4. The lowest BCUT2D eigenvalue weighted by Crippen LogP contribution is -2.05. The molecule has 0 N–H and O–H groups in total. The van der Waals surface area contributed by atoms with Crippen molar-refractivity contribution in [2.75, 3.05) is 0 Å². The van der Waals surface area contributed by atoms with Crippen molar-refractivity contribution >= 4 is 26.0 Å². The molecule has 0 aromatic heterocycles. The summed E-state index contributed by atoms with van der Waals surface area (Å²) in [6.07, 6.45) is 0.724. The molecule has 0 saturated heterocycles. The maximum Gasteiger partial charge on any atom is 0.262 e. The van der Waals surface area contributed by atoms with Crippen LogP contribution in [0.25, 0.3) is 0 Å². The van der Waals surface area contributed by atoms with Gasteiger partial charge in [0.1, 0.15) is 0 Å². The molecule has 1 aromatic carbocycles. The zero-order valence-corrected chi connectivity index (χ0v) is 9.97. The summed E-state index contributed by atoms with van der Waals surface area (Å²) < 4.78 is 22.7. The van der Waals surface area contributed by atoms with Gasteiger partial charge in [0.2, 0.25) is 0 Å². The molecule has 4 nitrogen and oxygen atoms in total. The van der Waals surface area contributed by atoms with Crippen molar-refractivity contribution in [2.24, 2.45) is 0 Å². The lowest BCUT2D eigenvalue weighted by molar-refractivity contribution is 0.112. The summed E-state index contributed by atoms with van der Waals surface area (Å²) in [5.41, 5.74) is 0.472. The number of hydrogen-bond acceptors (Lipinski definition) is 4. The first-order valence-corrected chi connectivity index (χ1v) is 6.72. The second-order valence-corrected chi connectivity index (χ2v) is 5.53. The van der Waals surface area contributed by atoms with E-state index in [0.717, 1.165) is 0 Å². The molecule has 0 aliphatic rings. The Morgan fingerprint density at radius 3 is 2.50 bits per heavy atom. The van der Waals surface area contributed by atoms with E-state index in [4.69, 9.17) is 15.9 Å². The van der Waals surface area contributed by atoms with Crippen molar-refractivity contribution in [1.82, 2.24) is 0 Å². The van der Waals surface area contributed by atoms with Crippen LogP contribution in [0.3, 0.4) is 0 Å². The molecule has 0 aliphatic heterocycles. The van der Waals surface area contributed by atoms with Gasteiger partial charge in [0.25, 0.3) is 9.05 Å². The molecule has 0 heterocycles. The number of nitriles is 1. The molecule has 1 aromatic rings. The minimum Gasteiger partial charge on any atom is -0.298 e. The highest BCUT2D eigenvalue weighted by Gasteiger charge is 2.21. The highest BCUT2D eigenvalue weighted by Crippen LogP contribution is 2.26. The minimum absolute atomic E-state index is 0.0224. The monoisotopic (exact) mass is 257 g/mol. The summed E-state index contributed by atoms with van der Waals surface area (Å²) in [5, 5.41) is 8.83. The molecule has 0 aliphatic carbocycles. The first-order valence-electron chi connectivity index (χ1n) is 4.41. The van der Waals surface area contributed by atoms with Crippen LogP contribution in [0.15, 0.2) is 17.0 Å². The fourth-order valence-electron chi connectivity index (χ4n) is 1.48. The molecule has 0 fully saturated rings. The van der Waals surface area contributed by atoms with Crippen molar-refractivity contribution in [3.05, 3.63) is 28.8 Å². The molecule has 6 heteroatoms. The molecule has 0 unspecified atom stereocenters. The second-order valence-electron chi connectivity index (χ2n) is 3.03. The van der Waals surface area contributed by atoms with Crippen LogP contribution in [-0.2, 0) is 15.5 Å². The van der Waals surface area contributed by atoms with Gasteiger partial charge in [-0.2, -0.15) is 5.26 Å². The normalized spacial score (nSPS) is 10.8. The number of carbonyl (C=O) groups excluding carboxylic acids is 1. The zero-order chi connectivity index (χ0) is 12.3. The van der Waals surface area contributed by atoms with Gasteiger partial charge < -0.3 is 0 Å². The Bertz CT molecular complexity index is 572. The number of aldehydes is 1. The fraction of sp³-hybridized carbons (Fsp3) is 0.200. The Labute approximate surface area is 97.9 Å². The Kier molecular flexibility index (Phi) is 3.68. The summed E-state index contributed by atoms with van der Waals surface area (Å²) in [6, 6.07) is 4.56. The van der Waals surface area contributed by atoms with Crippen LogP contribution >= 0.6 is 10.7 Å². The van der Waals surface area contributed by atoms with Crippen LogP contribution in [0, 0.1) is 11.3 Å². The first kappa shape index (κ1) is 12.7. The Morgan fingerprint density at radius 1 is 1.50 bits per heavy atom. The molecule has 0 bridgehead atoms. The Balaban J connectivity index is 3.78. The predicted octanol–water partition coefficient (Wildman–Crippen LogP) is 1.86. The number of rotatable bonds is 3. The highest BCUT2D eigenvalue weighted by molar-refractivity contribution is 8.13. The largest absolute Gasteiger partial charge is 0.298 e. The standard InChI is InChI=1S/C10H8ClNO3S/c1-2-9-7(5-12)3-4-8(6-13)10(9)16(11,14)15/h3-4,6H,2H2,1H3. The summed E-state index contributed by atoms with van der Waals surface area (Å²) in [5.74, 6) is 0. The summed E-state index contributed by atoms with van der Waals surface area (Å²) >= 11 is 0. The van der Waals surface area contributed by atoms with Crippen LogP contribution in [0.2, 0.25) is 0 Å². The van der Waals surface area contributed by atoms with Gasteiger partial charge in [0, 0.05) is 16.2 Å². The van der Waals surface area contributed by atoms with Crippen LogP contribution < -0.4 is 0 Å². The first-order chi connectivity index (χ1) is 7.45. The fourth-order valence-corrected chi connectivity index (χ4v) is 2.98. The third-order valence-electron chi connectivity index (χ3n) is 2.14. The van der Waals surface area contributed by atoms with Gasteiger partial charge in [0.05, 0.1) is 16.5 Å². The molecule has 0 amide bonds. The molecule has 1 rings (SSSR count). The topological polar surface area (TPSA) is 75.0 Å². The molecule has 16 heavy (non-hydrogen) atoms. The van der Waals surface area contributed by atoms with Gasteiger partial charge in [-0.05, 0) is 24.1 Å². The van der Waals surface area contributed by atoms with Gasteiger partial charge in [-0.25, -0.2) is 8.42 Å². The van der Waals surface area contributed by atoms with E-state index in [-0.39, 0.29) is 21.6 Å². The van der Waals surface area contributed by atoms with Crippen molar-refractivity contribution in [2.45, 2.75) is 18.2 Å². The van der Waals surface area contributed by atoms with Crippen molar-refractivity contribution < 1.29 is 13.2 Å². The molecule has 84 valence electrons. The van der Waals surface area contributed by atoms with Crippen LogP contribution in [0.4, 0.5) is 0 Å². The third-order valence-corrected chi connectivity index (χ3v) is 3.57. The molecular formula is C10H8ClNO3S. The third kappa shape index (κ3) is 2.23. The van der Waals surface area contributed by atoms with E-state index in [1.807, 2.05) is 6.07 Å². The SMILES string of the molecule is CCc1c(C#N)ccc(C=O)c1S(=O)(=O)Cl. The van der Waals surface area contributed by atoms with Crippen molar-refractivity contribution in [1.29, 1.82) is 5.26 Å². The maximum atomic E-state index is 11.4. The van der Waals surface area contributed by atoms with E-state index in [9.17, 15) is 13.2 Å². The number of hydrogen-bond donors (Lipinski definition) is 0. The van der Waals surface area contributed by atoms with E-state index in [1.54, 1.807) is 6.92 Å². The Morgan fingerprint density at radius 2 is 2.12 bits per heavy atom. The molecule has 0 spiro atoms. The molecule has 0 atom stereocenters. The molecule has 0 saturated carbocycles. The average molecular weight is 258 g/mol. The van der Waals surface area contributed by atoms with Gasteiger partial charge >= 0.3 is 0 Å².